The molecule has 0 atom stereocenters. The van der Waals surface area contributed by atoms with Gasteiger partial charge in [-0.05, 0) is 61.2 Å². The number of rotatable bonds is 2. The molecule has 27 heavy (non-hydrogen) atoms. The Morgan fingerprint density at radius 3 is 2.56 bits per heavy atom. The van der Waals surface area contributed by atoms with E-state index < -0.39 is 11.4 Å². The molecule has 0 bridgehead atoms. The zero-order valence-electron chi connectivity index (χ0n) is 15.1. The Bertz CT molecular complexity index is 1120. The Hall–Kier alpha value is -3.28. The number of hydrogen-bond acceptors (Lipinski definition) is 3. The van der Waals surface area contributed by atoms with E-state index in [1.54, 1.807) is 11.0 Å². The number of anilines is 1. The highest BCUT2D eigenvalue weighted by molar-refractivity contribution is 6.06. The predicted molar refractivity (Wildman–Crippen MR) is 101 cm³/mol. The summed E-state index contributed by atoms with van der Waals surface area (Å²) in [7, 11) is 0. The first-order valence-electron chi connectivity index (χ1n) is 8.73. The highest BCUT2D eigenvalue weighted by atomic mass is 19.1. The van der Waals surface area contributed by atoms with Crippen molar-refractivity contribution in [1.82, 2.24) is 9.78 Å². The van der Waals surface area contributed by atoms with Crippen LogP contribution in [0.3, 0.4) is 0 Å². The maximum atomic E-state index is 14.1. The van der Waals surface area contributed by atoms with Crippen molar-refractivity contribution < 1.29 is 9.18 Å². The van der Waals surface area contributed by atoms with Crippen molar-refractivity contribution in [2.24, 2.45) is 0 Å². The van der Waals surface area contributed by atoms with E-state index in [1.165, 1.54) is 35.9 Å². The van der Waals surface area contributed by atoms with E-state index in [0.717, 1.165) is 27.9 Å². The number of aryl methyl sites for hydroxylation is 2. The molecule has 0 N–H and O–H groups in total. The van der Waals surface area contributed by atoms with Crippen LogP contribution in [0.2, 0.25) is 0 Å². The summed E-state index contributed by atoms with van der Waals surface area (Å²) in [6.45, 7) is 4.61. The van der Waals surface area contributed by atoms with Crippen LogP contribution in [0, 0.1) is 19.7 Å². The fourth-order valence-corrected chi connectivity index (χ4v) is 3.34. The zero-order valence-corrected chi connectivity index (χ0v) is 15.1. The standard InChI is InChI=1S/C21H18FN3O2/c1-13-11-15-9-10-24(19(15)12-14(13)2)21(27)17-7-8-20(26)25(23-17)18-6-4-3-5-16(18)22/h3-8,11-12H,9-10H2,1-2H3. The van der Waals surface area contributed by atoms with Crippen molar-refractivity contribution in [2.45, 2.75) is 20.3 Å². The lowest BCUT2D eigenvalue weighted by Gasteiger charge is -2.18. The van der Waals surface area contributed by atoms with Gasteiger partial charge in [0.25, 0.3) is 11.5 Å². The van der Waals surface area contributed by atoms with Crippen molar-refractivity contribution in [2.75, 3.05) is 11.4 Å². The van der Waals surface area contributed by atoms with Gasteiger partial charge in [-0.25, -0.2) is 4.39 Å². The second-order valence-corrected chi connectivity index (χ2v) is 6.69. The minimum atomic E-state index is -0.575. The molecule has 0 saturated heterocycles. The summed E-state index contributed by atoms with van der Waals surface area (Å²) >= 11 is 0. The minimum absolute atomic E-state index is 0.0189. The number of carbonyl (C=O) groups excluding carboxylic acids is 1. The first kappa shape index (κ1) is 17.1. The van der Waals surface area contributed by atoms with Crippen LogP contribution in [0.25, 0.3) is 5.69 Å². The Morgan fingerprint density at radius 1 is 1.04 bits per heavy atom. The largest absolute Gasteiger partial charge is 0.306 e. The van der Waals surface area contributed by atoms with Crippen LogP contribution in [0.15, 0.2) is 53.3 Å². The quantitative estimate of drug-likeness (QED) is 0.703. The van der Waals surface area contributed by atoms with Gasteiger partial charge in [-0.1, -0.05) is 18.2 Å². The molecule has 1 amide bonds. The Morgan fingerprint density at radius 2 is 1.78 bits per heavy atom. The molecule has 6 heteroatoms. The van der Waals surface area contributed by atoms with Gasteiger partial charge in [0.05, 0.1) is 0 Å². The van der Waals surface area contributed by atoms with Crippen LogP contribution < -0.4 is 10.5 Å². The van der Waals surface area contributed by atoms with Gasteiger partial charge in [-0.2, -0.15) is 9.78 Å². The zero-order chi connectivity index (χ0) is 19.1. The lowest BCUT2D eigenvalue weighted by molar-refractivity contribution is 0.0983. The van der Waals surface area contributed by atoms with Crippen LogP contribution in [0.1, 0.15) is 27.2 Å². The first-order valence-corrected chi connectivity index (χ1v) is 8.73. The van der Waals surface area contributed by atoms with Crippen LogP contribution in [0.5, 0.6) is 0 Å². The second-order valence-electron chi connectivity index (χ2n) is 6.69. The summed E-state index contributed by atoms with van der Waals surface area (Å²) in [4.78, 5) is 26.9. The van der Waals surface area contributed by atoms with Crippen molar-refractivity contribution in [3.63, 3.8) is 0 Å². The number of halogens is 1. The molecule has 1 aromatic heterocycles. The third kappa shape index (κ3) is 2.93. The Kier molecular flexibility index (Phi) is 4.11. The van der Waals surface area contributed by atoms with Gasteiger partial charge in [-0.3, -0.25) is 9.59 Å². The average molecular weight is 363 g/mol. The van der Waals surface area contributed by atoms with Gasteiger partial charge in [0.15, 0.2) is 0 Å². The lowest BCUT2D eigenvalue weighted by Crippen LogP contribution is -2.32. The number of nitrogens with zero attached hydrogens (tertiary/aromatic N) is 3. The van der Waals surface area contributed by atoms with Crippen molar-refractivity contribution in [3.05, 3.63) is 87.1 Å². The first-order chi connectivity index (χ1) is 13.0. The van der Waals surface area contributed by atoms with E-state index >= 15 is 0 Å². The molecule has 1 aliphatic rings. The predicted octanol–water partition coefficient (Wildman–Crippen LogP) is 3.19. The molecule has 0 unspecified atom stereocenters. The Balaban J connectivity index is 1.75. The molecule has 0 saturated carbocycles. The molecule has 0 radical (unpaired) electrons. The molecular formula is C21H18FN3O2. The van der Waals surface area contributed by atoms with Gasteiger partial charge >= 0.3 is 0 Å². The third-order valence-electron chi connectivity index (χ3n) is 4.94. The summed E-state index contributed by atoms with van der Waals surface area (Å²) in [5, 5.41) is 4.13. The van der Waals surface area contributed by atoms with Gasteiger partial charge in [0, 0.05) is 18.3 Å². The number of fused-ring (bicyclic) bond motifs is 1. The SMILES string of the molecule is Cc1cc2c(cc1C)N(C(=O)c1ccc(=O)n(-c3ccccc3F)n1)CC2. The lowest BCUT2D eigenvalue weighted by atomic mass is 10.0. The van der Waals surface area contributed by atoms with E-state index in [2.05, 4.69) is 11.2 Å². The monoisotopic (exact) mass is 363 g/mol. The van der Waals surface area contributed by atoms with Crippen LogP contribution in [-0.2, 0) is 6.42 Å². The number of para-hydroxylation sites is 1. The number of hydrogen-bond donors (Lipinski definition) is 0. The van der Waals surface area contributed by atoms with E-state index in [9.17, 15) is 14.0 Å². The fourth-order valence-electron chi connectivity index (χ4n) is 3.34. The molecule has 5 nitrogen and oxygen atoms in total. The topological polar surface area (TPSA) is 55.2 Å². The smallest absolute Gasteiger partial charge is 0.278 e. The highest BCUT2D eigenvalue weighted by Crippen LogP contribution is 2.31. The number of amides is 1. The van der Waals surface area contributed by atoms with E-state index in [1.807, 2.05) is 19.9 Å². The summed E-state index contributed by atoms with van der Waals surface area (Å²) in [6, 6.07) is 12.6. The van der Waals surface area contributed by atoms with Gasteiger partial charge in [-0.15, -0.1) is 0 Å². The second kappa shape index (κ2) is 6.46. The fraction of sp³-hybridized carbons (Fsp3) is 0.190. The summed E-state index contributed by atoms with van der Waals surface area (Å²) < 4.78 is 15.0. The van der Waals surface area contributed by atoms with Gasteiger partial charge in [0.1, 0.15) is 17.2 Å². The van der Waals surface area contributed by atoms with E-state index in [4.69, 9.17) is 0 Å². The number of carbonyl (C=O) groups is 1. The maximum Gasteiger partial charge on any atom is 0.278 e. The molecule has 0 spiro atoms. The molecule has 3 aromatic rings. The molecule has 0 aliphatic carbocycles. The molecule has 1 aliphatic heterocycles. The van der Waals surface area contributed by atoms with Crippen molar-refractivity contribution in [3.8, 4) is 5.69 Å². The molecule has 4 rings (SSSR count). The van der Waals surface area contributed by atoms with Gasteiger partial charge < -0.3 is 4.90 Å². The third-order valence-corrected chi connectivity index (χ3v) is 4.94. The van der Waals surface area contributed by atoms with Crippen molar-refractivity contribution >= 4 is 11.6 Å². The molecule has 136 valence electrons. The molecule has 0 fully saturated rings. The summed E-state index contributed by atoms with van der Waals surface area (Å²) in [6.07, 6.45) is 0.773. The molecular weight excluding hydrogens is 345 g/mol. The van der Waals surface area contributed by atoms with Crippen LogP contribution in [0.4, 0.5) is 10.1 Å². The van der Waals surface area contributed by atoms with Crippen molar-refractivity contribution in [1.29, 1.82) is 0 Å². The van der Waals surface area contributed by atoms with Crippen LogP contribution in [-0.4, -0.2) is 22.2 Å². The van der Waals surface area contributed by atoms with Crippen LogP contribution >= 0.6 is 0 Å². The Labute approximate surface area is 155 Å². The van der Waals surface area contributed by atoms with E-state index in [-0.39, 0.29) is 17.3 Å². The van der Waals surface area contributed by atoms with Gasteiger partial charge in [0.2, 0.25) is 0 Å². The average Bonchev–Trinajstić information content (AvgIpc) is 3.05. The normalized spacial score (nSPS) is 12.9. The number of aromatic nitrogens is 2. The highest BCUT2D eigenvalue weighted by Gasteiger charge is 2.27. The molecule has 2 aromatic carbocycles. The molecule has 2 heterocycles. The number of benzene rings is 2. The summed E-state index contributed by atoms with van der Waals surface area (Å²) in [5.74, 6) is -0.878. The summed E-state index contributed by atoms with van der Waals surface area (Å²) in [5.41, 5.74) is 3.91. The minimum Gasteiger partial charge on any atom is -0.306 e. The maximum absolute atomic E-state index is 14.1. The van der Waals surface area contributed by atoms with E-state index in [0.29, 0.717) is 6.54 Å².